The minimum absolute atomic E-state index is 0. The van der Waals surface area contributed by atoms with Crippen LogP contribution >= 0.6 is 0 Å². The van der Waals surface area contributed by atoms with Gasteiger partial charge in [0.15, 0.2) is 0 Å². The second-order valence-corrected chi connectivity index (χ2v) is 8.05. The van der Waals surface area contributed by atoms with E-state index in [1.54, 1.807) is 4.90 Å². The van der Waals surface area contributed by atoms with Crippen LogP contribution in [0.2, 0.25) is 0 Å². The number of piperazine rings is 1. The fourth-order valence-electron chi connectivity index (χ4n) is 2.64. The van der Waals surface area contributed by atoms with Crippen LogP contribution in [0.25, 0.3) is 0 Å². The largest absolute Gasteiger partial charge is 0.394 e. The fourth-order valence-corrected chi connectivity index (χ4v) is 2.64. The molecule has 2 N–H and O–H groups in total. The molecular formula is C22H36N3O4Y-. The van der Waals surface area contributed by atoms with Gasteiger partial charge in [-0.15, -0.1) is 0 Å². The van der Waals surface area contributed by atoms with Crippen molar-refractivity contribution in [3.05, 3.63) is 36.8 Å². The van der Waals surface area contributed by atoms with Crippen molar-refractivity contribution in [2.75, 3.05) is 57.4 Å². The zero-order chi connectivity index (χ0) is 21.9. The molecule has 0 aromatic heterocycles. The summed E-state index contributed by atoms with van der Waals surface area (Å²) < 4.78 is 4.98. The maximum atomic E-state index is 11.3. The number of hydrogen-bond donors (Lipinski definition) is 2. The van der Waals surface area contributed by atoms with Crippen molar-refractivity contribution in [2.24, 2.45) is 5.41 Å². The van der Waals surface area contributed by atoms with Crippen LogP contribution in [0.1, 0.15) is 26.3 Å². The molecule has 0 aliphatic carbocycles. The molecule has 2 rings (SSSR count). The molecule has 0 unspecified atom stereocenters. The first-order chi connectivity index (χ1) is 13.6. The van der Waals surface area contributed by atoms with Crippen molar-refractivity contribution in [2.45, 2.75) is 27.7 Å². The molecule has 1 radical (unpaired) electrons. The Morgan fingerprint density at radius 3 is 2.13 bits per heavy atom. The van der Waals surface area contributed by atoms with Crippen LogP contribution in [-0.2, 0) is 47.0 Å². The summed E-state index contributed by atoms with van der Waals surface area (Å²) in [5, 5.41) is 11.1. The number of benzene rings is 1. The third-order valence-corrected chi connectivity index (χ3v) is 4.48. The van der Waals surface area contributed by atoms with Crippen molar-refractivity contribution in [3.8, 4) is 0 Å². The number of hydrogen-bond acceptors (Lipinski definition) is 5. The normalized spacial score (nSPS) is 13.6. The molecule has 0 saturated carbocycles. The summed E-state index contributed by atoms with van der Waals surface area (Å²) in [4.78, 5) is 26.5. The predicted octanol–water partition coefficient (Wildman–Crippen LogP) is 1.63. The molecule has 8 heteroatoms. The van der Waals surface area contributed by atoms with Gasteiger partial charge in [0.1, 0.15) is 0 Å². The van der Waals surface area contributed by atoms with E-state index in [4.69, 9.17) is 9.84 Å². The summed E-state index contributed by atoms with van der Waals surface area (Å²) in [5.41, 5.74) is 2.16. The van der Waals surface area contributed by atoms with E-state index >= 15 is 0 Å². The van der Waals surface area contributed by atoms with Crippen LogP contribution < -0.4 is 10.2 Å². The number of aliphatic hydroxyl groups excluding tert-OH is 1. The van der Waals surface area contributed by atoms with Crippen molar-refractivity contribution in [3.63, 3.8) is 0 Å². The Hall–Kier alpha value is -1.15. The van der Waals surface area contributed by atoms with Gasteiger partial charge in [0.05, 0.1) is 25.7 Å². The molecule has 1 aromatic rings. The minimum atomic E-state index is -0.350. The Morgan fingerprint density at radius 1 is 1.10 bits per heavy atom. The van der Waals surface area contributed by atoms with Crippen molar-refractivity contribution >= 4 is 17.5 Å². The topological polar surface area (TPSA) is 82.1 Å². The molecule has 1 fully saturated rings. The number of anilines is 1. The van der Waals surface area contributed by atoms with E-state index in [1.165, 1.54) is 11.3 Å². The summed E-state index contributed by atoms with van der Waals surface area (Å²) in [5.74, 6) is -0.0522. The monoisotopic (exact) mass is 495 g/mol. The van der Waals surface area contributed by atoms with Gasteiger partial charge >= 0.3 is 0 Å². The molecule has 7 nitrogen and oxygen atoms in total. The SMILES string of the molecule is CC(C)(C)C(=O)NCCOCCO.[CH2-]C(=O)N1CCN(c2ccc(C)cc2)CC1.[Y]. The van der Waals surface area contributed by atoms with Gasteiger partial charge < -0.3 is 36.7 Å². The zero-order valence-corrected chi connectivity index (χ0v) is 21.7. The van der Waals surface area contributed by atoms with Crippen molar-refractivity contribution in [1.29, 1.82) is 0 Å². The molecule has 2 amide bonds. The molecular weight excluding hydrogens is 459 g/mol. The average Bonchev–Trinajstić information content (AvgIpc) is 2.68. The third kappa shape index (κ3) is 11.3. The number of carbonyl (C=O) groups is 2. The first-order valence-electron chi connectivity index (χ1n) is 10.0. The second-order valence-electron chi connectivity index (χ2n) is 8.05. The molecule has 1 heterocycles. The van der Waals surface area contributed by atoms with Crippen molar-refractivity contribution < 1.29 is 52.1 Å². The summed E-state index contributed by atoms with van der Waals surface area (Å²) in [6.07, 6.45) is 0. The molecule has 1 saturated heterocycles. The maximum absolute atomic E-state index is 11.3. The molecule has 1 aliphatic heterocycles. The number of ether oxygens (including phenoxy) is 1. The van der Waals surface area contributed by atoms with Gasteiger partial charge in [0, 0.05) is 76.5 Å². The summed E-state index contributed by atoms with van der Waals surface area (Å²) in [6, 6.07) is 8.51. The first-order valence-corrected chi connectivity index (χ1v) is 10.0. The molecule has 1 aliphatic rings. The summed E-state index contributed by atoms with van der Waals surface area (Å²) >= 11 is 0. The minimum Gasteiger partial charge on any atom is -0.394 e. The van der Waals surface area contributed by atoms with E-state index in [0.717, 1.165) is 26.2 Å². The number of amides is 2. The Balaban J connectivity index is 0.000000557. The van der Waals surface area contributed by atoms with Crippen LogP contribution in [0.4, 0.5) is 5.69 Å². The van der Waals surface area contributed by atoms with Crippen molar-refractivity contribution in [1.82, 2.24) is 10.2 Å². The van der Waals surface area contributed by atoms with Gasteiger partial charge in [0.25, 0.3) is 0 Å². The quantitative estimate of drug-likeness (QED) is 0.463. The number of nitrogens with zero attached hydrogens (tertiary/aromatic N) is 2. The van der Waals surface area contributed by atoms with E-state index in [1.807, 2.05) is 20.8 Å². The Labute approximate surface area is 206 Å². The smallest absolute Gasteiger partial charge is 0.225 e. The Morgan fingerprint density at radius 2 is 1.67 bits per heavy atom. The molecule has 0 atom stereocenters. The first kappa shape index (κ1) is 28.9. The molecule has 167 valence electrons. The maximum Gasteiger partial charge on any atom is 0.225 e. The number of nitrogens with one attached hydrogen (secondary N) is 1. The van der Waals surface area contributed by atoms with Crippen LogP contribution in [0.3, 0.4) is 0 Å². The van der Waals surface area contributed by atoms with E-state index in [9.17, 15) is 9.59 Å². The van der Waals surface area contributed by atoms with Gasteiger partial charge in [-0.25, -0.2) is 0 Å². The predicted molar refractivity (Wildman–Crippen MR) is 116 cm³/mol. The molecule has 0 spiro atoms. The number of rotatable bonds is 6. The second kappa shape index (κ2) is 14.8. The van der Waals surface area contributed by atoms with Crippen LogP contribution in [-0.4, -0.2) is 74.4 Å². The molecule has 0 bridgehead atoms. The van der Waals surface area contributed by atoms with Gasteiger partial charge in [-0.05, 0) is 19.1 Å². The van der Waals surface area contributed by atoms with Crippen LogP contribution in [0.5, 0.6) is 0 Å². The standard InChI is InChI=1S/C13H17N2O.C9H19NO3.Y/c1-11-3-5-13(6-4-11)15-9-7-14(8-10-15)12(2)16;1-9(2,3)8(12)10-4-6-13-7-5-11;/h3-6H,2,7-10H2,1H3;11H,4-7H2,1-3H3,(H,10,12);/q-1;;. The Kier molecular flexibility index (Phi) is 14.2. The Bertz CT molecular complexity index is 624. The van der Waals surface area contributed by atoms with E-state index in [-0.39, 0.29) is 56.5 Å². The van der Waals surface area contributed by atoms with Crippen LogP contribution in [0, 0.1) is 19.3 Å². The third-order valence-electron chi connectivity index (χ3n) is 4.48. The van der Waals surface area contributed by atoms with Gasteiger partial charge in [-0.2, -0.15) is 0 Å². The average molecular weight is 495 g/mol. The number of aryl methyl sites for hydroxylation is 1. The fraction of sp³-hybridized carbons (Fsp3) is 0.591. The van der Waals surface area contributed by atoms with Gasteiger partial charge in [0.2, 0.25) is 5.91 Å². The zero-order valence-electron chi connectivity index (χ0n) is 18.8. The number of aliphatic hydroxyl groups is 1. The van der Waals surface area contributed by atoms with Gasteiger partial charge in [-0.3, -0.25) is 4.79 Å². The summed E-state index contributed by atoms with van der Waals surface area (Å²) in [6.45, 7) is 15.7. The number of carbonyl (C=O) groups excluding carboxylic acids is 2. The van der Waals surface area contributed by atoms with E-state index < -0.39 is 0 Å². The van der Waals surface area contributed by atoms with E-state index in [0.29, 0.717) is 19.8 Å². The van der Waals surface area contributed by atoms with Gasteiger partial charge in [-0.1, -0.05) is 38.5 Å². The van der Waals surface area contributed by atoms with Crippen LogP contribution in [0.15, 0.2) is 24.3 Å². The molecule has 30 heavy (non-hydrogen) atoms. The summed E-state index contributed by atoms with van der Waals surface area (Å²) in [7, 11) is 0. The van der Waals surface area contributed by atoms with E-state index in [2.05, 4.69) is 48.3 Å². The molecule has 1 aromatic carbocycles.